The molecular formula is C16H14N2O3. The van der Waals surface area contributed by atoms with Crippen LogP contribution in [0, 0.1) is 12.3 Å². The summed E-state index contributed by atoms with van der Waals surface area (Å²) < 4.78 is 2.98. The van der Waals surface area contributed by atoms with E-state index < -0.39 is 6.04 Å². The average molecular weight is 282 g/mol. The molecule has 1 atom stereocenters. The Morgan fingerprint density at radius 3 is 2.67 bits per heavy atom. The van der Waals surface area contributed by atoms with Crippen LogP contribution in [0.2, 0.25) is 0 Å². The minimum absolute atomic E-state index is 0.0563. The molecule has 0 N–H and O–H groups in total. The molecule has 5 heteroatoms. The zero-order valence-electron chi connectivity index (χ0n) is 11.6. The number of Topliss-reactive ketones (excluding diaryl/α,β-unsaturated/α-hetero) is 2. The number of fused-ring (bicyclic) bond motifs is 1. The monoisotopic (exact) mass is 282 g/mol. The van der Waals surface area contributed by atoms with Crippen LogP contribution in [0.3, 0.4) is 0 Å². The highest BCUT2D eigenvalue weighted by Gasteiger charge is 2.31. The molecule has 0 saturated heterocycles. The van der Waals surface area contributed by atoms with Crippen LogP contribution in [0.4, 0.5) is 0 Å². The van der Waals surface area contributed by atoms with Gasteiger partial charge in [-0.1, -0.05) is 5.92 Å². The first kappa shape index (κ1) is 13.4. The Kier molecular flexibility index (Phi) is 3.02. The number of benzene rings is 1. The van der Waals surface area contributed by atoms with Crippen molar-refractivity contribution in [2.75, 3.05) is 0 Å². The van der Waals surface area contributed by atoms with Crippen LogP contribution in [-0.2, 0) is 16.6 Å². The number of aromatic nitrogens is 2. The summed E-state index contributed by atoms with van der Waals surface area (Å²) in [7, 11) is 1.65. The first-order valence-corrected chi connectivity index (χ1v) is 6.75. The van der Waals surface area contributed by atoms with Crippen LogP contribution in [-0.4, -0.2) is 20.7 Å². The van der Waals surface area contributed by atoms with Crippen LogP contribution in [0.5, 0.6) is 0 Å². The van der Waals surface area contributed by atoms with Gasteiger partial charge in [-0.15, -0.1) is 6.42 Å². The predicted octanol–water partition coefficient (Wildman–Crippen LogP) is 1.18. The van der Waals surface area contributed by atoms with Crippen LogP contribution < -0.4 is 5.69 Å². The van der Waals surface area contributed by atoms with Gasteiger partial charge in [0.2, 0.25) is 0 Å². The highest BCUT2D eigenvalue weighted by Crippen LogP contribution is 2.26. The van der Waals surface area contributed by atoms with E-state index in [9.17, 15) is 14.4 Å². The molecule has 5 nitrogen and oxygen atoms in total. The molecule has 1 saturated carbocycles. The largest absolute Gasteiger partial charge is 0.329 e. The molecule has 1 fully saturated rings. The normalized spacial score (nSPS) is 19.0. The molecule has 21 heavy (non-hydrogen) atoms. The lowest BCUT2D eigenvalue weighted by molar-refractivity contribution is -0.132. The Balaban J connectivity index is 2.22. The van der Waals surface area contributed by atoms with Crippen molar-refractivity contribution >= 4 is 22.6 Å². The molecular weight excluding hydrogens is 268 g/mol. The van der Waals surface area contributed by atoms with Gasteiger partial charge >= 0.3 is 5.69 Å². The average Bonchev–Trinajstić information content (AvgIpc) is 2.71. The lowest BCUT2D eigenvalue weighted by Gasteiger charge is -2.21. The summed E-state index contributed by atoms with van der Waals surface area (Å²) in [6.07, 6.45) is 6.01. The summed E-state index contributed by atoms with van der Waals surface area (Å²) >= 11 is 0. The van der Waals surface area contributed by atoms with E-state index in [1.165, 1.54) is 9.13 Å². The maximum Gasteiger partial charge on any atom is 0.329 e. The number of hydrogen-bond donors (Lipinski definition) is 0. The second-order valence-corrected chi connectivity index (χ2v) is 5.30. The first-order chi connectivity index (χ1) is 10.0. The maximum atomic E-state index is 12.5. The number of carbonyl (C=O) groups is 2. The number of aryl methyl sites for hydroxylation is 1. The molecule has 1 aliphatic rings. The first-order valence-electron chi connectivity index (χ1n) is 6.75. The van der Waals surface area contributed by atoms with Gasteiger partial charge in [-0.05, 0) is 24.6 Å². The highest BCUT2D eigenvalue weighted by atomic mass is 16.2. The molecule has 2 aromatic rings. The molecule has 1 aliphatic carbocycles. The quantitative estimate of drug-likeness (QED) is 0.583. The van der Waals surface area contributed by atoms with Gasteiger partial charge in [-0.3, -0.25) is 18.7 Å². The predicted molar refractivity (Wildman–Crippen MR) is 78.0 cm³/mol. The van der Waals surface area contributed by atoms with Crippen molar-refractivity contribution < 1.29 is 9.59 Å². The van der Waals surface area contributed by atoms with Crippen molar-refractivity contribution in [3.63, 3.8) is 0 Å². The Bertz CT molecular complexity index is 864. The van der Waals surface area contributed by atoms with Gasteiger partial charge in [0.25, 0.3) is 0 Å². The van der Waals surface area contributed by atoms with E-state index in [1.807, 2.05) is 0 Å². The van der Waals surface area contributed by atoms with E-state index in [4.69, 9.17) is 6.42 Å². The third-order valence-corrected chi connectivity index (χ3v) is 4.01. The molecule has 3 rings (SSSR count). The van der Waals surface area contributed by atoms with Gasteiger partial charge in [0.1, 0.15) is 5.78 Å². The van der Waals surface area contributed by atoms with E-state index >= 15 is 0 Å². The van der Waals surface area contributed by atoms with Crippen molar-refractivity contribution in [1.82, 2.24) is 9.13 Å². The number of imidazole rings is 1. The zero-order valence-corrected chi connectivity index (χ0v) is 11.6. The van der Waals surface area contributed by atoms with Gasteiger partial charge < -0.3 is 0 Å². The molecule has 0 spiro atoms. The van der Waals surface area contributed by atoms with Crippen molar-refractivity contribution in [3.8, 4) is 12.3 Å². The number of nitrogens with zero attached hydrogens (tertiary/aromatic N) is 2. The summed E-state index contributed by atoms with van der Waals surface area (Å²) in [5.74, 6) is 2.28. The fraction of sp³-hybridized carbons (Fsp3) is 0.312. The molecule has 106 valence electrons. The van der Waals surface area contributed by atoms with Crippen LogP contribution in [0.1, 0.15) is 30.9 Å². The number of terminal acetylenes is 1. The van der Waals surface area contributed by atoms with Gasteiger partial charge in [-0.25, -0.2) is 4.79 Å². The third-order valence-electron chi connectivity index (χ3n) is 4.01. The molecule has 0 aliphatic heterocycles. The second kappa shape index (κ2) is 4.74. The molecule has 0 radical (unpaired) electrons. The smallest absolute Gasteiger partial charge is 0.299 e. The minimum atomic E-state index is -0.560. The number of hydrogen-bond acceptors (Lipinski definition) is 3. The van der Waals surface area contributed by atoms with Crippen molar-refractivity contribution in [1.29, 1.82) is 0 Å². The van der Waals surface area contributed by atoms with Crippen molar-refractivity contribution in [3.05, 3.63) is 34.2 Å². The van der Waals surface area contributed by atoms with E-state index in [1.54, 1.807) is 25.2 Å². The molecule has 1 heterocycles. The summed E-state index contributed by atoms with van der Waals surface area (Å²) in [5.41, 5.74) is 1.79. The number of carbonyl (C=O) groups excluding carboxylic acids is 2. The van der Waals surface area contributed by atoms with Crippen LogP contribution in [0.15, 0.2) is 23.0 Å². The fourth-order valence-corrected chi connectivity index (χ4v) is 2.89. The van der Waals surface area contributed by atoms with E-state index in [2.05, 4.69) is 5.92 Å². The number of ketones is 2. The van der Waals surface area contributed by atoms with Gasteiger partial charge in [0.05, 0.1) is 23.5 Å². The molecule has 0 bridgehead atoms. The third kappa shape index (κ3) is 2.00. The van der Waals surface area contributed by atoms with Gasteiger partial charge in [0, 0.05) is 19.0 Å². The Morgan fingerprint density at radius 2 is 2.00 bits per heavy atom. The topological polar surface area (TPSA) is 61.1 Å². The van der Waals surface area contributed by atoms with Crippen LogP contribution in [0.25, 0.3) is 11.0 Å². The Hall–Kier alpha value is -2.61. The molecule has 1 aromatic carbocycles. The van der Waals surface area contributed by atoms with Crippen molar-refractivity contribution in [2.45, 2.75) is 25.3 Å². The molecule has 1 aromatic heterocycles. The van der Waals surface area contributed by atoms with Crippen molar-refractivity contribution in [2.24, 2.45) is 7.05 Å². The summed E-state index contributed by atoms with van der Waals surface area (Å²) in [6.45, 7) is 0. The van der Waals surface area contributed by atoms with E-state index in [0.717, 1.165) is 0 Å². The zero-order chi connectivity index (χ0) is 15.1. The Morgan fingerprint density at radius 1 is 1.24 bits per heavy atom. The lowest BCUT2D eigenvalue weighted by Crippen LogP contribution is -2.34. The fourth-order valence-electron chi connectivity index (χ4n) is 2.89. The van der Waals surface area contributed by atoms with E-state index in [-0.39, 0.29) is 23.7 Å². The minimum Gasteiger partial charge on any atom is -0.299 e. The summed E-state index contributed by atoms with van der Waals surface area (Å²) in [6, 6.07) is 4.70. The maximum absolute atomic E-state index is 12.5. The lowest BCUT2D eigenvalue weighted by atomic mass is 9.93. The van der Waals surface area contributed by atoms with Gasteiger partial charge in [0.15, 0.2) is 5.78 Å². The Labute approximate surface area is 121 Å². The second-order valence-electron chi connectivity index (χ2n) is 5.30. The van der Waals surface area contributed by atoms with Gasteiger partial charge in [-0.2, -0.15) is 0 Å². The van der Waals surface area contributed by atoms with E-state index in [0.29, 0.717) is 29.4 Å². The molecule has 0 amide bonds. The molecule has 1 unspecified atom stereocenters. The van der Waals surface area contributed by atoms with Crippen LogP contribution >= 0.6 is 0 Å². The SMILES string of the molecule is C#Cc1ccc2c(c1)n(C)c(=O)n2C1CCC(=O)CC1=O. The number of rotatable bonds is 1. The highest BCUT2D eigenvalue weighted by molar-refractivity contribution is 6.03. The summed E-state index contributed by atoms with van der Waals surface area (Å²) in [4.78, 5) is 35.9. The standard InChI is InChI=1S/C16H14N2O3/c1-3-10-4-6-12-14(8-10)17(2)16(21)18(12)13-7-5-11(19)9-15(13)20/h1,4,6,8,13H,5,7,9H2,2H3. The summed E-state index contributed by atoms with van der Waals surface area (Å²) in [5, 5.41) is 0.